The van der Waals surface area contributed by atoms with Crippen molar-refractivity contribution in [1.29, 1.82) is 0 Å². The predicted octanol–water partition coefficient (Wildman–Crippen LogP) is 0.383. The minimum Gasteiger partial charge on any atom is -0.376 e. The largest absolute Gasteiger partial charge is 0.376 e. The molecule has 2 fully saturated rings. The van der Waals surface area contributed by atoms with Crippen molar-refractivity contribution < 1.29 is 4.74 Å². The van der Waals surface area contributed by atoms with Crippen molar-refractivity contribution in [3.63, 3.8) is 0 Å². The number of likely N-dealkylation sites (N-methyl/N-ethyl adjacent to an activating group) is 1. The average molecular weight is 127 g/mol. The Balaban J connectivity index is 2.01. The van der Waals surface area contributed by atoms with Gasteiger partial charge < -0.3 is 10.1 Å². The molecule has 2 rings (SSSR count). The molecule has 0 amide bonds. The van der Waals surface area contributed by atoms with Gasteiger partial charge in [-0.1, -0.05) is 0 Å². The quantitative estimate of drug-likeness (QED) is 0.550. The van der Waals surface area contributed by atoms with Gasteiger partial charge in [-0.25, -0.2) is 0 Å². The summed E-state index contributed by atoms with van der Waals surface area (Å²) in [5.41, 5.74) is 0. The van der Waals surface area contributed by atoms with E-state index < -0.39 is 0 Å². The molecule has 1 saturated heterocycles. The second kappa shape index (κ2) is 1.96. The van der Waals surface area contributed by atoms with Crippen LogP contribution in [0.25, 0.3) is 0 Å². The molecule has 0 spiro atoms. The van der Waals surface area contributed by atoms with E-state index in [1.807, 2.05) is 7.05 Å². The standard InChI is InChI=1S/C7H13NO/c1-8-6-2-5-3-7(6)9-4-5/h5-8H,2-4H2,1H3. The topological polar surface area (TPSA) is 21.3 Å². The molecular weight excluding hydrogens is 114 g/mol. The molecule has 3 unspecified atom stereocenters. The maximum atomic E-state index is 5.49. The molecule has 1 N–H and O–H groups in total. The summed E-state index contributed by atoms with van der Waals surface area (Å²) in [6, 6.07) is 0.656. The highest BCUT2D eigenvalue weighted by atomic mass is 16.5. The fraction of sp³-hybridized carbons (Fsp3) is 1.00. The van der Waals surface area contributed by atoms with E-state index in [2.05, 4.69) is 5.32 Å². The van der Waals surface area contributed by atoms with Gasteiger partial charge in [0.1, 0.15) is 0 Å². The summed E-state index contributed by atoms with van der Waals surface area (Å²) in [4.78, 5) is 0. The van der Waals surface area contributed by atoms with Crippen molar-refractivity contribution in [2.75, 3.05) is 13.7 Å². The molecule has 52 valence electrons. The third-order valence-corrected chi connectivity index (χ3v) is 2.52. The highest BCUT2D eigenvalue weighted by molar-refractivity contribution is 4.93. The Hall–Kier alpha value is -0.0800. The van der Waals surface area contributed by atoms with Gasteiger partial charge in [0.05, 0.1) is 6.10 Å². The lowest BCUT2D eigenvalue weighted by molar-refractivity contribution is 0.0533. The summed E-state index contributed by atoms with van der Waals surface area (Å²) in [5.74, 6) is 0.868. The highest BCUT2D eigenvalue weighted by Gasteiger charge is 2.39. The summed E-state index contributed by atoms with van der Waals surface area (Å²) in [6.07, 6.45) is 3.17. The Bertz CT molecular complexity index is 115. The third-order valence-electron chi connectivity index (χ3n) is 2.52. The number of ether oxygens (including phenoxy) is 1. The Labute approximate surface area is 55.6 Å². The van der Waals surface area contributed by atoms with E-state index in [0.717, 1.165) is 12.5 Å². The van der Waals surface area contributed by atoms with Crippen molar-refractivity contribution in [2.24, 2.45) is 5.92 Å². The van der Waals surface area contributed by atoms with Crippen molar-refractivity contribution in [3.05, 3.63) is 0 Å². The van der Waals surface area contributed by atoms with Gasteiger partial charge in [-0.05, 0) is 25.8 Å². The Morgan fingerprint density at radius 3 is 2.67 bits per heavy atom. The lowest BCUT2D eigenvalue weighted by atomic mass is 10.1. The van der Waals surface area contributed by atoms with Gasteiger partial charge in [0.15, 0.2) is 0 Å². The van der Waals surface area contributed by atoms with Crippen LogP contribution in [0.1, 0.15) is 12.8 Å². The van der Waals surface area contributed by atoms with Gasteiger partial charge in [0, 0.05) is 12.6 Å². The summed E-state index contributed by atoms with van der Waals surface area (Å²) >= 11 is 0. The summed E-state index contributed by atoms with van der Waals surface area (Å²) in [5, 5.41) is 3.27. The number of hydrogen-bond donors (Lipinski definition) is 1. The maximum absolute atomic E-state index is 5.49. The van der Waals surface area contributed by atoms with E-state index in [1.54, 1.807) is 0 Å². The van der Waals surface area contributed by atoms with Gasteiger partial charge in [-0.2, -0.15) is 0 Å². The van der Waals surface area contributed by atoms with Crippen LogP contribution in [0.15, 0.2) is 0 Å². The van der Waals surface area contributed by atoms with Crippen LogP contribution >= 0.6 is 0 Å². The van der Waals surface area contributed by atoms with E-state index >= 15 is 0 Å². The predicted molar refractivity (Wildman–Crippen MR) is 35.3 cm³/mol. The molecule has 0 aromatic rings. The van der Waals surface area contributed by atoms with Gasteiger partial charge in [-0.3, -0.25) is 0 Å². The zero-order chi connectivity index (χ0) is 6.27. The minimum absolute atomic E-state index is 0.542. The van der Waals surface area contributed by atoms with Gasteiger partial charge in [-0.15, -0.1) is 0 Å². The van der Waals surface area contributed by atoms with E-state index in [0.29, 0.717) is 12.1 Å². The van der Waals surface area contributed by atoms with E-state index in [9.17, 15) is 0 Å². The molecular formula is C7H13NO. The molecule has 1 saturated carbocycles. The first-order valence-electron chi connectivity index (χ1n) is 3.69. The zero-order valence-electron chi connectivity index (χ0n) is 5.76. The van der Waals surface area contributed by atoms with Gasteiger partial charge in [0.2, 0.25) is 0 Å². The molecule has 2 bridgehead atoms. The average Bonchev–Trinajstić information content (AvgIpc) is 2.45. The van der Waals surface area contributed by atoms with Crippen LogP contribution in [0.2, 0.25) is 0 Å². The minimum atomic E-state index is 0.542. The van der Waals surface area contributed by atoms with Crippen molar-refractivity contribution in [3.8, 4) is 0 Å². The normalized spacial score (nSPS) is 48.3. The lowest BCUT2D eigenvalue weighted by Crippen LogP contribution is -2.36. The Morgan fingerprint density at radius 2 is 2.33 bits per heavy atom. The van der Waals surface area contributed by atoms with Crippen molar-refractivity contribution in [1.82, 2.24) is 5.32 Å². The van der Waals surface area contributed by atoms with Crippen LogP contribution < -0.4 is 5.32 Å². The van der Waals surface area contributed by atoms with Crippen LogP contribution in [-0.4, -0.2) is 25.8 Å². The SMILES string of the molecule is CNC1CC2COC1C2. The van der Waals surface area contributed by atoms with E-state index in [4.69, 9.17) is 4.74 Å². The lowest BCUT2D eigenvalue weighted by Gasteiger charge is -2.20. The monoisotopic (exact) mass is 127 g/mol. The Kier molecular flexibility index (Phi) is 1.24. The molecule has 0 aromatic carbocycles. The molecule has 2 nitrogen and oxygen atoms in total. The van der Waals surface area contributed by atoms with Crippen LogP contribution in [0.4, 0.5) is 0 Å². The first kappa shape index (κ1) is 5.69. The van der Waals surface area contributed by atoms with Crippen LogP contribution in [0.3, 0.4) is 0 Å². The Morgan fingerprint density at radius 1 is 1.44 bits per heavy atom. The summed E-state index contributed by atoms with van der Waals surface area (Å²) in [6.45, 7) is 1.02. The first-order chi connectivity index (χ1) is 4.40. The summed E-state index contributed by atoms with van der Waals surface area (Å²) < 4.78 is 5.49. The molecule has 2 heteroatoms. The highest BCUT2D eigenvalue weighted by Crippen LogP contribution is 2.34. The van der Waals surface area contributed by atoms with Crippen molar-refractivity contribution >= 4 is 0 Å². The third kappa shape index (κ3) is 0.775. The van der Waals surface area contributed by atoms with Crippen LogP contribution in [0.5, 0.6) is 0 Å². The van der Waals surface area contributed by atoms with Gasteiger partial charge >= 0.3 is 0 Å². The van der Waals surface area contributed by atoms with E-state index in [-0.39, 0.29) is 0 Å². The second-order valence-electron chi connectivity index (χ2n) is 3.10. The number of hydrogen-bond acceptors (Lipinski definition) is 2. The van der Waals surface area contributed by atoms with Crippen LogP contribution in [-0.2, 0) is 4.74 Å². The number of fused-ring (bicyclic) bond motifs is 2. The van der Waals surface area contributed by atoms with Crippen LogP contribution in [0, 0.1) is 5.92 Å². The molecule has 1 heterocycles. The molecule has 1 aliphatic carbocycles. The fourth-order valence-corrected chi connectivity index (χ4v) is 1.98. The van der Waals surface area contributed by atoms with E-state index in [1.165, 1.54) is 12.8 Å². The second-order valence-corrected chi connectivity index (χ2v) is 3.10. The van der Waals surface area contributed by atoms with Gasteiger partial charge in [0.25, 0.3) is 0 Å². The molecule has 2 aliphatic rings. The molecule has 3 atom stereocenters. The van der Waals surface area contributed by atoms with Crippen molar-refractivity contribution in [2.45, 2.75) is 25.0 Å². The first-order valence-corrected chi connectivity index (χ1v) is 3.69. The zero-order valence-corrected chi connectivity index (χ0v) is 5.76. The smallest absolute Gasteiger partial charge is 0.0731 e. The maximum Gasteiger partial charge on any atom is 0.0731 e. The summed E-state index contributed by atoms with van der Waals surface area (Å²) in [7, 11) is 2.02. The fourth-order valence-electron chi connectivity index (χ4n) is 1.98. The number of rotatable bonds is 1. The molecule has 0 radical (unpaired) electrons. The number of nitrogens with one attached hydrogen (secondary N) is 1. The molecule has 9 heavy (non-hydrogen) atoms. The molecule has 0 aromatic heterocycles. The molecule has 1 aliphatic heterocycles.